The molecule has 0 aliphatic heterocycles. The summed E-state index contributed by atoms with van der Waals surface area (Å²) in [5.41, 5.74) is 1.51. The Morgan fingerprint density at radius 2 is 1.75 bits per heavy atom. The average molecular weight is 235 g/mol. The van der Waals surface area contributed by atoms with Gasteiger partial charge in [-0.3, -0.25) is 4.98 Å². The predicted molar refractivity (Wildman–Crippen MR) is 59.4 cm³/mol. The molecule has 0 bridgehead atoms. The second-order valence-corrected chi connectivity index (χ2v) is 3.44. The van der Waals surface area contributed by atoms with E-state index in [4.69, 9.17) is 16.7 Å². The average Bonchev–Trinajstić information content (AvgIpc) is 2.30. The summed E-state index contributed by atoms with van der Waals surface area (Å²) >= 11 is 5.87. The first-order valence-corrected chi connectivity index (χ1v) is 4.86. The molecule has 0 unspecified atom stereocenters. The van der Waals surface area contributed by atoms with Gasteiger partial charge in [-0.1, -0.05) is 23.7 Å². The minimum Gasteiger partial charge on any atom is -0.478 e. The lowest BCUT2D eigenvalue weighted by Crippen LogP contribution is -1.95. The molecule has 1 aromatic heterocycles. The molecular formula is C11H7ClN2O2. The summed E-state index contributed by atoms with van der Waals surface area (Å²) in [7, 11) is 0. The maximum atomic E-state index is 10.7. The van der Waals surface area contributed by atoms with Gasteiger partial charge < -0.3 is 5.11 Å². The van der Waals surface area contributed by atoms with Crippen LogP contribution in [0, 0.1) is 0 Å². The molecule has 0 aliphatic carbocycles. The molecule has 2 aromatic rings. The molecule has 0 atom stereocenters. The van der Waals surface area contributed by atoms with E-state index in [-0.39, 0.29) is 5.56 Å². The highest BCUT2D eigenvalue weighted by atomic mass is 35.5. The van der Waals surface area contributed by atoms with Crippen LogP contribution in [0.4, 0.5) is 0 Å². The van der Waals surface area contributed by atoms with Crippen LogP contribution in [0.15, 0.2) is 36.7 Å². The highest BCUT2D eigenvalue weighted by molar-refractivity contribution is 6.31. The number of halogens is 1. The molecule has 5 heteroatoms. The van der Waals surface area contributed by atoms with Gasteiger partial charge in [-0.2, -0.15) is 0 Å². The van der Waals surface area contributed by atoms with Gasteiger partial charge >= 0.3 is 5.97 Å². The van der Waals surface area contributed by atoms with Gasteiger partial charge in [-0.25, -0.2) is 9.78 Å². The first-order valence-electron chi connectivity index (χ1n) is 4.49. The summed E-state index contributed by atoms with van der Waals surface area (Å²) in [6, 6.07) is 6.31. The van der Waals surface area contributed by atoms with Crippen LogP contribution in [0.25, 0.3) is 11.3 Å². The summed E-state index contributed by atoms with van der Waals surface area (Å²) in [5, 5.41) is 9.04. The monoisotopic (exact) mass is 234 g/mol. The standard InChI is InChI=1S/C11H7ClN2O2/c12-10-9(13-5-6-14-10)7-1-3-8(4-2-7)11(15)16/h1-6H,(H,15,16). The Morgan fingerprint density at radius 3 is 2.31 bits per heavy atom. The molecule has 1 aromatic carbocycles. The van der Waals surface area contributed by atoms with Crippen LogP contribution >= 0.6 is 11.6 Å². The molecule has 1 heterocycles. The minimum absolute atomic E-state index is 0.226. The number of aromatic nitrogens is 2. The van der Waals surface area contributed by atoms with Crippen molar-refractivity contribution in [3.05, 3.63) is 47.4 Å². The number of rotatable bonds is 2. The van der Waals surface area contributed by atoms with Gasteiger partial charge in [0.25, 0.3) is 0 Å². The molecule has 0 radical (unpaired) electrons. The molecule has 0 saturated heterocycles. The van der Waals surface area contributed by atoms with Crippen LogP contribution in [-0.2, 0) is 0 Å². The first kappa shape index (κ1) is 10.6. The fourth-order valence-electron chi connectivity index (χ4n) is 1.29. The zero-order chi connectivity index (χ0) is 11.5. The van der Waals surface area contributed by atoms with Crippen molar-refractivity contribution >= 4 is 17.6 Å². The van der Waals surface area contributed by atoms with Crippen molar-refractivity contribution in [3.63, 3.8) is 0 Å². The second kappa shape index (κ2) is 4.28. The molecule has 2 rings (SSSR count). The number of hydrogen-bond donors (Lipinski definition) is 1. The summed E-state index contributed by atoms with van der Waals surface area (Å²) < 4.78 is 0. The van der Waals surface area contributed by atoms with Gasteiger partial charge in [0.15, 0.2) is 5.15 Å². The van der Waals surface area contributed by atoms with E-state index in [0.717, 1.165) is 5.56 Å². The Kier molecular flexibility index (Phi) is 2.83. The maximum absolute atomic E-state index is 10.7. The highest BCUT2D eigenvalue weighted by Gasteiger charge is 2.07. The van der Waals surface area contributed by atoms with E-state index in [1.807, 2.05) is 0 Å². The van der Waals surface area contributed by atoms with E-state index in [9.17, 15) is 4.79 Å². The maximum Gasteiger partial charge on any atom is 0.335 e. The van der Waals surface area contributed by atoms with E-state index < -0.39 is 5.97 Å². The second-order valence-electron chi connectivity index (χ2n) is 3.08. The lowest BCUT2D eigenvalue weighted by Gasteiger charge is -2.02. The number of carboxylic acid groups (broad SMARTS) is 1. The fraction of sp³-hybridized carbons (Fsp3) is 0. The number of carboxylic acids is 1. The van der Waals surface area contributed by atoms with E-state index in [1.165, 1.54) is 24.5 Å². The highest BCUT2D eigenvalue weighted by Crippen LogP contribution is 2.23. The van der Waals surface area contributed by atoms with Crippen LogP contribution in [0.1, 0.15) is 10.4 Å². The number of hydrogen-bond acceptors (Lipinski definition) is 3. The lowest BCUT2D eigenvalue weighted by atomic mass is 10.1. The van der Waals surface area contributed by atoms with Crippen molar-refractivity contribution < 1.29 is 9.90 Å². The van der Waals surface area contributed by atoms with E-state index in [2.05, 4.69) is 9.97 Å². The Bertz CT molecular complexity index is 526. The summed E-state index contributed by atoms with van der Waals surface area (Å²) in [6.07, 6.45) is 3.03. The summed E-state index contributed by atoms with van der Waals surface area (Å²) in [5.74, 6) is -0.961. The summed E-state index contributed by atoms with van der Waals surface area (Å²) in [4.78, 5) is 18.6. The molecule has 4 nitrogen and oxygen atoms in total. The van der Waals surface area contributed by atoms with Crippen molar-refractivity contribution in [2.75, 3.05) is 0 Å². The van der Waals surface area contributed by atoms with Gasteiger partial charge in [0.1, 0.15) is 5.69 Å². The third-order valence-electron chi connectivity index (χ3n) is 2.06. The van der Waals surface area contributed by atoms with Crippen LogP contribution in [-0.4, -0.2) is 21.0 Å². The minimum atomic E-state index is -0.961. The van der Waals surface area contributed by atoms with Crippen LogP contribution in [0.5, 0.6) is 0 Å². The van der Waals surface area contributed by atoms with Crippen molar-refractivity contribution in [1.82, 2.24) is 9.97 Å². The molecule has 0 aliphatic rings. The SMILES string of the molecule is O=C(O)c1ccc(-c2nccnc2Cl)cc1. The molecule has 0 spiro atoms. The van der Waals surface area contributed by atoms with Gasteiger partial charge in [-0.15, -0.1) is 0 Å². The number of benzene rings is 1. The van der Waals surface area contributed by atoms with E-state index in [0.29, 0.717) is 10.8 Å². The quantitative estimate of drug-likeness (QED) is 0.867. The van der Waals surface area contributed by atoms with Crippen LogP contribution in [0.2, 0.25) is 5.15 Å². The molecular weight excluding hydrogens is 228 g/mol. The summed E-state index contributed by atoms with van der Waals surface area (Å²) in [6.45, 7) is 0. The van der Waals surface area contributed by atoms with Crippen molar-refractivity contribution in [2.45, 2.75) is 0 Å². The molecule has 0 fully saturated rings. The van der Waals surface area contributed by atoms with Gasteiger partial charge in [0, 0.05) is 18.0 Å². The molecule has 80 valence electrons. The van der Waals surface area contributed by atoms with Crippen molar-refractivity contribution in [3.8, 4) is 11.3 Å². The molecule has 0 amide bonds. The third kappa shape index (κ3) is 2.01. The molecule has 0 saturated carbocycles. The lowest BCUT2D eigenvalue weighted by molar-refractivity contribution is 0.0697. The van der Waals surface area contributed by atoms with Crippen LogP contribution in [0.3, 0.4) is 0 Å². The van der Waals surface area contributed by atoms with E-state index in [1.54, 1.807) is 12.1 Å². The molecule has 16 heavy (non-hydrogen) atoms. The normalized spacial score (nSPS) is 10.1. The van der Waals surface area contributed by atoms with Gasteiger partial charge in [-0.05, 0) is 12.1 Å². The third-order valence-corrected chi connectivity index (χ3v) is 2.34. The largest absolute Gasteiger partial charge is 0.478 e. The number of carbonyl (C=O) groups is 1. The van der Waals surface area contributed by atoms with Crippen LogP contribution < -0.4 is 0 Å². The smallest absolute Gasteiger partial charge is 0.335 e. The number of nitrogens with zero attached hydrogens (tertiary/aromatic N) is 2. The predicted octanol–water partition coefficient (Wildman–Crippen LogP) is 2.50. The fourth-order valence-corrected chi connectivity index (χ4v) is 1.50. The Morgan fingerprint density at radius 1 is 1.12 bits per heavy atom. The van der Waals surface area contributed by atoms with Gasteiger partial charge in [0.05, 0.1) is 5.56 Å². The van der Waals surface area contributed by atoms with Crippen molar-refractivity contribution in [1.29, 1.82) is 0 Å². The Labute approximate surface area is 96.6 Å². The van der Waals surface area contributed by atoms with Gasteiger partial charge in [0.2, 0.25) is 0 Å². The first-order chi connectivity index (χ1) is 7.68. The Balaban J connectivity index is 2.43. The van der Waals surface area contributed by atoms with E-state index >= 15 is 0 Å². The number of aromatic carboxylic acids is 1. The zero-order valence-electron chi connectivity index (χ0n) is 8.09. The Hall–Kier alpha value is -1.94. The topological polar surface area (TPSA) is 63.1 Å². The van der Waals surface area contributed by atoms with Crippen molar-refractivity contribution in [2.24, 2.45) is 0 Å². The molecule has 1 N–H and O–H groups in total. The zero-order valence-corrected chi connectivity index (χ0v) is 8.85.